The highest BCUT2D eigenvalue weighted by Gasteiger charge is 2.12. The summed E-state index contributed by atoms with van der Waals surface area (Å²) in [6, 6.07) is 11.9. The number of methoxy groups -OCH3 is 1. The van der Waals surface area contributed by atoms with Crippen molar-refractivity contribution >= 4 is 11.6 Å². The molecule has 0 spiro atoms. The predicted octanol–water partition coefficient (Wildman–Crippen LogP) is 4.13. The van der Waals surface area contributed by atoms with E-state index in [1.165, 1.54) is 19.2 Å². The minimum absolute atomic E-state index is 0.169. The fourth-order valence-corrected chi connectivity index (χ4v) is 2.28. The van der Waals surface area contributed by atoms with E-state index in [-0.39, 0.29) is 11.6 Å². The van der Waals surface area contributed by atoms with Crippen molar-refractivity contribution in [2.45, 2.75) is 6.42 Å². The summed E-state index contributed by atoms with van der Waals surface area (Å²) in [5, 5.41) is 4.56. The first kappa shape index (κ1) is 14.5. The Morgan fingerprint density at radius 2 is 2.09 bits per heavy atom. The Labute approximate surface area is 131 Å². The summed E-state index contributed by atoms with van der Waals surface area (Å²) in [4.78, 5) is 4.27. The minimum atomic E-state index is -0.477. The highest BCUT2D eigenvalue weighted by atomic mass is 35.5. The van der Waals surface area contributed by atoms with Gasteiger partial charge in [0.2, 0.25) is 0 Å². The second-order valence-corrected chi connectivity index (χ2v) is 5.11. The molecule has 22 heavy (non-hydrogen) atoms. The molecule has 112 valence electrons. The molecule has 4 nitrogen and oxygen atoms in total. The van der Waals surface area contributed by atoms with E-state index in [0.29, 0.717) is 22.8 Å². The Kier molecular flexibility index (Phi) is 4.06. The maximum atomic E-state index is 13.7. The number of hydrogen-bond donors (Lipinski definition) is 0. The van der Waals surface area contributed by atoms with E-state index in [1.54, 1.807) is 12.1 Å². The topological polar surface area (TPSA) is 48.2 Å². The van der Waals surface area contributed by atoms with E-state index >= 15 is 0 Å². The van der Waals surface area contributed by atoms with E-state index in [9.17, 15) is 4.39 Å². The van der Waals surface area contributed by atoms with Crippen molar-refractivity contribution in [1.29, 1.82) is 0 Å². The molecular weight excluding hydrogens is 307 g/mol. The summed E-state index contributed by atoms with van der Waals surface area (Å²) >= 11 is 5.94. The third-order valence-electron chi connectivity index (χ3n) is 3.12. The Bertz CT molecular complexity index is 804. The maximum Gasteiger partial charge on any atom is 0.258 e. The summed E-state index contributed by atoms with van der Waals surface area (Å²) in [6.45, 7) is 0. The molecule has 2 aromatic carbocycles. The van der Waals surface area contributed by atoms with Crippen molar-refractivity contribution < 1.29 is 13.7 Å². The molecule has 0 radical (unpaired) electrons. The van der Waals surface area contributed by atoms with Crippen LogP contribution in [0.1, 0.15) is 11.4 Å². The van der Waals surface area contributed by atoms with Gasteiger partial charge in [-0.05, 0) is 35.9 Å². The SMILES string of the molecule is COc1ccc(-c2nc(Cc3cccc(Cl)c3)no2)cc1F. The quantitative estimate of drug-likeness (QED) is 0.725. The molecule has 0 amide bonds. The zero-order valence-corrected chi connectivity index (χ0v) is 12.5. The van der Waals surface area contributed by atoms with Crippen molar-refractivity contribution in [3.05, 3.63) is 64.7 Å². The highest BCUT2D eigenvalue weighted by Crippen LogP contribution is 2.24. The molecule has 1 heterocycles. The standard InChI is InChI=1S/C16H12ClFN2O2/c1-21-14-6-5-11(9-13(14)18)16-19-15(20-22-16)8-10-3-2-4-12(17)7-10/h2-7,9H,8H2,1H3. The molecule has 0 aliphatic rings. The maximum absolute atomic E-state index is 13.7. The predicted molar refractivity (Wildman–Crippen MR) is 80.5 cm³/mol. The molecule has 0 saturated heterocycles. The zero-order valence-electron chi connectivity index (χ0n) is 11.7. The highest BCUT2D eigenvalue weighted by molar-refractivity contribution is 6.30. The molecule has 1 aromatic heterocycles. The number of rotatable bonds is 4. The third-order valence-corrected chi connectivity index (χ3v) is 3.35. The van der Waals surface area contributed by atoms with Crippen molar-refractivity contribution in [3.63, 3.8) is 0 Å². The summed E-state index contributed by atoms with van der Waals surface area (Å²) < 4.78 is 23.8. The lowest BCUT2D eigenvalue weighted by Gasteiger charge is -2.01. The number of benzene rings is 2. The summed E-state index contributed by atoms with van der Waals surface area (Å²) in [7, 11) is 1.41. The van der Waals surface area contributed by atoms with Crippen LogP contribution in [0.3, 0.4) is 0 Å². The molecule has 0 bridgehead atoms. The van der Waals surface area contributed by atoms with Gasteiger partial charge in [0.1, 0.15) is 0 Å². The Balaban J connectivity index is 1.83. The first-order chi connectivity index (χ1) is 10.7. The van der Waals surface area contributed by atoms with Gasteiger partial charge in [-0.1, -0.05) is 28.9 Å². The second kappa shape index (κ2) is 6.15. The van der Waals surface area contributed by atoms with E-state index in [4.69, 9.17) is 20.9 Å². The average molecular weight is 319 g/mol. The molecule has 0 unspecified atom stereocenters. The fraction of sp³-hybridized carbons (Fsp3) is 0.125. The molecule has 0 atom stereocenters. The van der Waals surface area contributed by atoms with Gasteiger partial charge in [0.25, 0.3) is 5.89 Å². The van der Waals surface area contributed by atoms with Crippen LogP contribution >= 0.6 is 11.6 Å². The van der Waals surface area contributed by atoms with E-state index < -0.39 is 5.82 Å². The molecule has 0 saturated carbocycles. The minimum Gasteiger partial charge on any atom is -0.494 e. The van der Waals surface area contributed by atoms with Crippen LogP contribution in [-0.2, 0) is 6.42 Å². The van der Waals surface area contributed by atoms with Gasteiger partial charge in [-0.25, -0.2) is 4.39 Å². The number of nitrogens with zero attached hydrogens (tertiary/aromatic N) is 2. The van der Waals surface area contributed by atoms with Crippen LogP contribution in [0.25, 0.3) is 11.5 Å². The van der Waals surface area contributed by atoms with Gasteiger partial charge in [-0.2, -0.15) is 4.98 Å². The Morgan fingerprint density at radius 1 is 1.23 bits per heavy atom. The van der Waals surface area contributed by atoms with Gasteiger partial charge >= 0.3 is 0 Å². The van der Waals surface area contributed by atoms with Crippen LogP contribution in [0.4, 0.5) is 4.39 Å². The van der Waals surface area contributed by atoms with Crippen LogP contribution in [0.5, 0.6) is 5.75 Å². The first-order valence-electron chi connectivity index (χ1n) is 6.56. The number of halogens is 2. The van der Waals surface area contributed by atoms with Crippen LogP contribution in [-0.4, -0.2) is 17.3 Å². The summed E-state index contributed by atoms with van der Waals surface area (Å²) in [5.41, 5.74) is 1.48. The molecule has 0 aliphatic heterocycles. The largest absolute Gasteiger partial charge is 0.494 e. The first-order valence-corrected chi connectivity index (χ1v) is 6.94. The van der Waals surface area contributed by atoms with Gasteiger partial charge in [0.05, 0.1) is 7.11 Å². The summed E-state index contributed by atoms with van der Waals surface area (Å²) in [5.74, 6) is 0.462. The average Bonchev–Trinajstić information content (AvgIpc) is 2.95. The monoisotopic (exact) mass is 318 g/mol. The second-order valence-electron chi connectivity index (χ2n) is 4.67. The molecule has 0 aliphatic carbocycles. The van der Waals surface area contributed by atoms with E-state index in [1.807, 2.05) is 18.2 Å². The zero-order chi connectivity index (χ0) is 15.5. The molecule has 0 fully saturated rings. The lowest BCUT2D eigenvalue weighted by molar-refractivity contribution is 0.386. The third kappa shape index (κ3) is 3.09. The van der Waals surface area contributed by atoms with Crippen molar-refractivity contribution in [1.82, 2.24) is 10.1 Å². The Hall–Kier alpha value is -2.40. The van der Waals surface area contributed by atoms with E-state index in [2.05, 4.69) is 10.1 Å². The lowest BCUT2D eigenvalue weighted by atomic mass is 10.1. The smallest absolute Gasteiger partial charge is 0.258 e. The Morgan fingerprint density at radius 3 is 2.82 bits per heavy atom. The number of hydrogen-bond acceptors (Lipinski definition) is 4. The summed E-state index contributed by atoms with van der Waals surface area (Å²) in [6.07, 6.45) is 0.489. The number of aromatic nitrogens is 2. The molecule has 0 N–H and O–H groups in total. The van der Waals surface area contributed by atoms with Gasteiger partial charge in [0, 0.05) is 17.0 Å². The van der Waals surface area contributed by atoms with Crippen molar-refractivity contribution in [3.8, 4) is 17.2 Å². The van der Waals surface area contributed by atoms with Crippen LogP contribution in [0, 0.1) is 5.82 Å². The van der Waals surface area contributed by atoms with Crippen molar-refractivity contribution in [2.24, 2.45) is 0 Å². The van der Waals surface area contributed by atoms with Crippen LogP contribution in [0.2, 0.25) is 5.02 Å². The van der Waals surface area contributed by atoms with Gasteiger partial charge in [-0.15, -0.1) is 0 Å². The number of ether oxygens (including phenoxy) is 1. The van der Waals surface area contributed by atoms with Gasteiger partial charge in [0.15, 0.2) is 17.4 Å². The molecule has 6 heteroatoms. The van der Waals surface area contributed by atoms with Crippen LogP contribution in [0.15, 0.2) is 47.0 Å². The molecular formula is C16H12ClFN2O2. The fourth-order valence-electron chi connectivity index (χ4n) is 2.07. The van der Waals surface area contributed by atoms with Crippen molar-refractivity contribution in [2.75, 3.05) is 7.11 Å². The van der Waals surface area contributed by atoms with Crippen LogP contribution < -0.4 is 4.74 Å². The van der Waals surface area contributed by atoms with E-state index in [0.717, 1.165) is 5.56 Å². The van der Waals surface area contributed by atoms with Gasteiger partial charge in [-0.3, -0.25) is 0 Å². The lowest BCUT2D eigenvalue weighted by Crippen LogP contribution is -1.91. The normalized spacial score (nSPS) is 10.7. The molecule has 3 aromatic rings. The molecule has 3 rings (SSSR count). The van der Waals surface area contributed by atoms with Gasteiger partial charge < -0.3 is 9.26 Å².